The van der Waals surface area contributed by atoms with Crippen molar-refractivity contribution in [2.75, 3.05) is 6.54 Å². The zero-order chi connectivity index (χ0) is 17.9. The topological polar surface area (TPSA) is 85.6 Å². The molecule has 0 saturated carbocycles. The van der Waals surface area contributed by atoms with Gasteiger partial charge >= 0.3 is 11.6 Å². The number of rotatable bonds is 5. The van der Waals surface area contributed by atoms with Crippen LogP contribution in [0.3, 0.4) is 0 Å². The molecule has 128 valence electrons. The summed E-state index contributed by atoms with van der Waals surface area (Å²) < 4.78 is 10.4. The van der Waals surface area contributed by atoms with Crippen molar-refractivity contribution in [3.63, 3.8) is 0 Å². The number of carbonyl (C=O) groups excluding carboxylic acids is 2. The fraction of sp³-hybridized carbons (Fsp3) is 0.389. The molecule has 24 heavy (non-hydrogen) atoms. The molecule has 0 bridgehead atoms. The number of nitrogens with one attached hydrogen (secondary N) is 1. The second-order valence-corrected chi connectivity index (χ2v) is 6.33. The summed E-state index contributed by atoms with van der Waals surface area (Å²) >= 11 is 0. The van der Waals surface area contributed by atoms with Crippen LogP contribution in [0, 0.1) is 11.8 Å². The predicted octanol–water partition coefficient (Wildman–Crippen LogP) is 2.74. The van der Waals surface area contributed by atoms with Crippen LogP contribution in [0.4, 0.5) is 0 Å². The maximum Gasteiger partial charge on any atom is 0.349 e. The van der Waals surface area contributed by atoms with Gasteiger partial charge in [-0.05, 0) is 24.1 Å². The average molecular weight is 331 g/mol. The Morgan fingerprint density at radius 2 is 1.88 bits per heavy atom. The van der Waals surface area contributed by atoms with Crippen molar-refractivity contribution in [3.8, 4) is 5.75 Å². The first-order valence-electron chi connectivity index (χ1n) is 7.85. The van der Waals surface area contributed by atoms with Gasteiger partial charge in [-0.15, -0.1) is 0 Å². The summed E-state index contributed by atoms with van der Waals surface area (Å²) in [7, 11) is 0. The fourth-order valence-electron chi connectivity index (χ4n) is 1.94. The molecule has 1 amide bonds. The van der Waals surface area contributed by atoms with Crippen LogP contribution < -0.4 is 15.7 Å². The van der Waals surface area contributed by atoms with E-state index in [0.29, 0.717) is 17.7 Å². The Labute approximate surface area is 139 Å². The van der Waals surface area contributed by atoms with Gasteiger partial charge in [0.1, 0.15) is 16.9 Å². The third-order valence-corrected chi connectivity index (χ3v) is 3.31. The van der Waals surface area contributed by atoms with E-state index in [-0.39, 0.29) is 29.0 Å². The van der Waals surface area contributed by atoms with Gasteiger partial charge in [-0.3, -0.25) is 9.59 Å². The number of hydrogen-bond donors (Lipinski definition) is 1. The van der Waals surface area contributed by atoms with E-state index in [0.717, 1.165) is 0 Å². The van der Waals surface area contributed by atoms with Gasteiger partial charge in [-0.25, -0.2) is 4.79 Å². The molecule has 0 aliphatic heterocycles. The lowest BCUT2D eigenvalue weighted by Gasteiger charge is -2.09. The molecule has 1 aromatic heterocycles. The van der Waals surface area contributed by atoms with E-state index < -0.39 is 11.5 Å². The van der Waals surface area contributed by atoms with Gasteiger partial charge in [0.25, 0.3) is 5.91 Å². The minimum Gasteiger partial charge on any atom is -0.426 e. The monoisotopic (exact) mass is 331 g/mol. The van der Waals surface area contributed by atoms with E-state index in [4.69, 9.17) is 9.15 Å². The molecule has 1 aromatic carbocycles. The van der Waals surface area contributed by atoms with Crippen LogP contribution in [0.25, 0.3) is 11.0 Å². The van der Waals surface area contributed by atoms with Gasteiger partial charge < -0.3 is 14.5 Å². The van der Waals surface area contributed by atoms with E-state index in [2.05, 4.69) is 5.32 Å². The molecule has 0 fully saturated rings. The third-order valence-electron chi connectivity index (χ3n) is 3.31. The minimum absolute atomic E-state index is 0.0462. The Kier molecular flexibility index (Phi) is 5.39. The first-order valence-corrected chi connectivity index (χ1v) is 7.85. The molecule has 0 saturated heterocycles. The largest absolute Gasteiger partial charge is 0.426 e. The quantitative estimate of drug-likeness (QED) is 0.517. The number of amides is 1. The Bertz CT molecular complexity index is 820. The molecule has 0 atom stereocenters. The molecule has 1 heterocycles. The summed E-state index contributed by atoms with van der Waals surface area (Å²) in [6, 6.07) is 6.18. The number of esters is 1. The van der Waals surface area contributed by atoms with Crippen LogP contribution in [-0.2, 0) is 4.79 Å². The molecule has 0 radical (unpaired) electrons. The summed E-state index contributed by atoms with van der Waals surface area (Å²) in [5, 5.41) is 3.26. The Morgan fingerprint density at radius 3 is 2.50 bits per heavy atom. The molecule has 1 N–H and O–H groups in total. The Balaban J connectivity index is 2.30. The van der Waals surface area contributed by atoms with Crippen molar-refractivity contribution in [1.29, 1.82) is 0 Å². The van der Waals surface area contributed by atoms with Crippen LogP contribution in [0.15, 0.2) is 33.5 Å². The van der Waals surface area contributed by atoms with E-state index in [1.807, 2.05) is 13.8 Å². The molecule has 0 spiro atoms. The maximum absolute atomic E-state index is 12.1. The molecule has 2 aromatic rings. The van der Waals surface area contributed by atoms with E-state index in [1.54, 1.807) is 26.0 Å². The smallest absolute Gasteiger partial charge is 0.349 e. The van der Waals surface area contributed by atoms with Crippen LogP contribution in [0.5, 0.6) is 5.75 Å². The second-order valence-electron chi connectivity index (χ2n) is 6.33. The highest BCUT2D eigenvalue weighted by atomic mass is 16.5. The SMILES string of the molecule is CC(C)CNC(=O)c1cc2ccc(OC(=O)C(C)C)cc2oc1=O. The zero-order valence-corrected chi connectivity index (χ0v) is 14.2. The van der Waals surface area contributed by atoms with Crippen molar-refractivity contribution < 1.29 is 18.7 Å². The number of benzene rings is 1. The molecule has 0 aliphatic carbocycles. The van der Waals surface area contributed by atoms with Crippen molar-refractivity contribution in [2.45, 2.75) is 27.7 Å². The van der Waals surface area contributed by atoms with Crippen molar-refractivity contribution in [1.82, 2.24) is 5.32 Å². The fourth-order valence-corrected chi connectivity index (χ4v) is 1.94. The standard InChI is InChI=1S/C18H21NO5/c1-10(2)9-19-16(20)14-7-12-5-6-13(23-17(21)11(3)4)8-15(12)24-18(14)22/h5-8,10-11H,9H2,1-4H3,(H,19,20). The van der Waals surface area contributed by atoms with Gasteiger partial charge in [0, 0.05) is 18.0 Å². The van der Waals surface area contributed by atoms with E-state index >= 15 is 0 Å². The van der Waals surface area contributed by atoms with Gasteiger partial charge in [-0.2, -0.15) is 0 Å². The van der Waals surface area contributed by atoms with Crippen LogP contribution >= 0.6 is 0 Å². The molecular formula is C18H21NO5. The van der Waals surface area contributed by atoms with Crippen molar-refractivity contribution in [3.05, 3.63) is 40.2 Å². The first kappa shape index (κ1) is 17.7. The van der Waals surface area contributed by atoms with Crippen LogP contribution in [0.1, 0.15) is 38.1 Å². The van der Waals surface area contributed by atoms with Crippen LogP contribution in [-0.4, -0.2) is 18.4 Å². The predicted molar refractivity (Wildman–Crippen MR) is 90.1 cm³/mol. The summed E-state index contributed by atoms with van der Waals surface area (Å²) in [5.74, 6) is -0.531. The summed E-state index contributed by atoms with van der Waals surface area (Å²) in [6.45, 7) is 7.85. The molecular weight excluding hydrogens is 310 g/mol. The highest BCUT2D eigenvalue weighted by Gasteiger charge is 2.15. The van der Waals surface area contributed by atoms with Gasteiger partial charge in [-0.1, -0.05) is 27.7 Å². The average Bonchev–Trinajstić information content (AvgIpc) is 2.51. The molecule has 2 rings (SSSR count). The number of carbonyl (C=O) groups is 2. The minimum atomic E-state index is -0.726. The van der Waals surface area contributed by atoms with E-state index in [1.165, 1.54) is 12.1 Å². The lowest BCUT2D eigenvalue weighted by atomic mass is 10.1. The molecule has 0 aliphatic rings. The first-order chi connectivity index (χ1) is 11.3. The number of fused-ring (bicyclic) bond motifs is 1. The van der Waals surface area contributed by atoms with Gasteiger partial charge in [0.15, 0.2) is 0 Å². The summed E-state index contributed by atoms with van der Waals surface area (Å²) in [5.41, 5.74) is -0.513. The number of ether oxygens (including phenoxy) is 1. The lowest BCUT2D eigenvalue weighted by molar-refractivity contribution is -0.137. The highest BCUT2D eigenvalue weighted by molar-refractivity contribution is 5.96. The van der Waals surface area contributed by atoms with E-state index in [9.17, 15) is 14.4 Å². The summed E-state index contributed by atoms with van der Waals surface area (Å²) in [6.07, 6.45) is 0. The Hall–Kier alpha value is -2.63. The number of hydrogen-bond acceptors (Lipinski definition) is 5. The Morgan fingerprint density at radius 1 is 1.17 bits per heavy atom. The molecule has 0 unspecified atom stereocenters. The summed E-state index contributed by atoms with van der Waals surface area (Å²) in [4.78, 5) is 35.7. The highest BCUT2D eigenvalue weighted by Crippen LogP contribution is 2.21. The lowest BCUT2D eigenvalue weighted by Crippen LogP contribution is -2.31. The van der Waals surface area contributed by atoms with Gasteiger partial charge in [0.05, 0.1) is 5.92 Å². The zero-order valence-electron chi connectivity index (χ0n) is 14.2. The third kappa shape index (κ3) is 4.22. The van der Waals surface area contributed by atoms with Gasteiger partial charge in [0.2, 0.25) is 0 Å². The second kappa shape index (κ2) is 7.29. The normalized spacial score (nSPS) is 11.1. The van der Waals surface area contributed by atoms with Crippen LogP contribution in [0.2, 0.25) is 0 Å². The maximum atomic E-state index is 12.1. The van der Waals surface area contributed by atoms with Crippen molar-refractivity contribution >= 4 is 22.8 Å². The van der Waals surface area contributed by atoms with Crippen molar-refractivity contribution in [2.24, 2.45) is 11.8 Å². The molecule has 6 heteroatoms. The molecule has 6 nitrogen and oxygen atoms in total.